The molecule has 0 aliphatic heterocycles. The summed E-state index contributed by atoms with van der Waals surface area (Å²) in [4.78, 5) is 28.6. The third kappa shape index (κ3) is 8.15. The van der Waals surface area contributed by atoms with Crippen molar-refractivity contribution in [3.63, 3.8) is 0 Å². The molecule has 0 radical (unpaired) electrons. The number of hydrogen-bond donors (Lipinski definition) is 1. The molecule has 2 amide bonds. The minimum Gasteiger partial charge on any atom is -0.497 e. The summed E-state index contributed by atoms with van der Waals surface area (Å²) in [6, 6.07) is 24.2. The van der Waals surface area contributed by atoms with E-state index in [9.17, 15) is 9.59 Å². The van der Waals surface area contributed by atoms with Gasteiger partial charge in [-0.15, -0.1) is 0 Å². The van der Waals surface area contributed by atoms with Crippen molar-refractivity contribution in [1.82, 2.24) is 10.2 Å². The number of amides is 2. The molecule has 0 saturated heterocycles. The summed E-state index contributed by atoms with van der Waals surface area (Å²) >= 11 is 0. The van der Waals surface area contributed by atoms with E-state index in [4.69, 9.17) is 9.47 Å². The van der Waals surface area contributed by atoms with Crippen LogP contribution in [0.2, 0.25) is 0 Å². The predicted octanol–water partition coefficient (Wildman–Crippen LogP) is 4.79. The molecule has 6 nitrogen and oxygen atoms in total. The molecule has 0 unspecified atom stereocenters. The first-order chi connectivity index (χ1) is 17.4. The number of hydrogen-bond acceptors (Lipinski definition) is 4. The normalized spacial score (nSPS) is 11.6. The third-order valence-electron chi connectivity index (χ3n) is 5.85. The van der Waals surface area contributed by atoms with E-state index < -0.39 is 6.04 Å². The highest BCUT2D eigenvalue weighted by molar-refractivity contribution is 5.88. The average molecular weight is 489 g/mol. The molecule has 1 atom stereocenters. The molecular weight excluding hydrogens is 452 g/mol. The molecule has 0 fully saturated rings. The van der Waals surface area contributed by atoms with Crippen LogP contribution in [0.4, 0.5) is 0 Å². The van der Waals surface area contributed by atoms with Gasteiger partial charge in [-0.25, -0.2) is 0 Å². The van der Waals surface area contributed by atoms with Crippen LogP contribution in [-0.4, -0.2) is 43.0 Å². The summed E-state index contributed by atoms with van der Waals surface area (Å²) < 4.78 is 11.0. The minimum atomic E-state index is -0.681. The fourth-order valence-electron chi connectivity index (χ4n) is 3.77. The highest BCUT2D eigenvalue weighted by Crippen LogP contribution is 2.19. The zero-order chi connectivity index (χ0) is 25.9. The number of ether oxygens (including phenoxy) is 2. The van der Waals surface area contributed by atoms with Gasteiger partial charge in [-0.2, -0.15) is 0 Å². The maximum Gasteiger partial charge on any atom is 0.261 e. The van der Waals surface area contributed by atoms with Crippen LogP contribution in [0.25, 0.3) is 0 Å². The van der Waals surface area contributed by atoms with E-state index in [1.807, 2.05) is 75.4 Å². The zero-order valence-corrected chi connectivity index (χ0v) is 21.6. The van der Waals surface area contributed by atoms with Crippen molar-refractivity contribution in [2.75, 3.05) is 20.3 Å². The van der Waals surface area contributed by atoms with Gasteiger partial charge < -0.3 is 19.7 Å². The number of benzene rings is 3. The minimum absolute atomic E-state index is 0.169. The molecule has 0 saturated carbocycles. The van der Waals surface area contributed by atoms with E-state index in [2.05, 4.69) is 5.32 Å². The standard InChI is InChI=1S/C30H36N2O4/c1-22(2)19-31-30(34)28(18-24-8-6-5-7-9-24)32(20-25-12-10-23(3)11-13-25)29(33)21-36-27-16-14-26(35-4)15-17-27/h5-17,22,28H,18-21H2,1-4H3,(H,31,34)/t28-/m0/s1. The van der Waals surface area contributed by atoms with Crippen molar-refractivity contribution in [3.05, 3.63) is 95.6 Å². The molecular formula is C30H36N2O4. The van der Waals surface area contributed by atoms with Gasteiger partial charge in [0.25, 0.3) is 5.91 Å². The zero-order valence-electron chi connectivity index (χ0n) is 21.6. The highest BCUT2D eigenvalue weighted by atomic mass is 16.5. The van der Waals surface area contributed by atoms with Crippen LogP contribution < -0.4 is 14.8 Å². The number of nitrogens with one attached hydrogen (secondary N) is 1. The van der Waals surface area contributed by atoms with Crippen LogP contribution in [0.15, 0.2) is 78.9 Å². The summed E-state index contributed by atoms with van der Waals surface area (Å²) in [6.45, 7) is 6.78. The van der Waals surface area contributed by atoms with Gasteiger partial charge in [0, 0.05) is 19.5 Å². The van der Waals surface area contributed by atoms with Crippen molar-refractivity contribution in [1.29, 1.82) is 0 Å². The van der Waals surface area contributed by atoms with Gasteiger partial charge >= 0.3 is 0 Å². The Morgan fingerprint density at radius 1 is 0.861 bits per heavy atom. The quantitative estimate of drug-likeness (QED) is 0.398. The van der Waals surface area contributed by atoms with E-state index >= 15 is 0 Å². The number of rotatable bonds is 12. The lowest BCUT2D eigenvalue weighted by atomic mass is 10.0. The molecule has 0 aromatic heterocycles. The Labute approximate surface area is 214 Å². The molecule has 3 aromatic carbocycles. The van der Waals surface area contributed by atoms with E-state index in [-0.39, 0.29) is 18.4 Å². The molecule has 6 heteroatoms. The van der Waals surface area contributed by atoms with Gasteiger partial charge in [0.2, 0.25) is 5.91 Å². The molecule has 0 aliphatic carbocycles. The second kappa shape index (κ2) is 13.3. The first-order valence-corrected chi connectivity index (χ1v) is 12.3. The molecule has 190 valence electrons. The molecule has 36 heavy (non-hydrogen) atoms. The lowest BCUT2D eigenvalue weighted by Crippen LogP contribution is -2.52. The molecule has 0 heterocycles. The van der Waals surface area contributed by atoms with E-state index in [1.54, 1.807) is 36.3 Å². The van der Waals surface area contributed by atoms with Gasteiger partial charge in [0.15, 0.2) is 6.61 Å². The Bertz CT molecular complexity index is 1100. The smallest absolute Gasteiger partial charge is 0.261 e. The van der Waals surface area contributed by atoms with E-state index in [0.29, 0.717) is 36.9 Å². The molecule has 3 rings (SSSR count). The summed E-state index contributed by atoms with van der Waals surface area (Å²) in [6.07, 6.45) is 0.408. The van der Waals surface area contributed by atoms with Crippen LogP contribution in [0.5, 0.6) is 11.5 Å². The fourth-order valence-corrected chi connectivity index (χ4v) is 3.77. The molecule has 0 spiro atoms. The third-order valence-corrected chi connectivity index (χ3v) is 5.85. The SMILES string of the molecule is COc1ccc(OCC(=O)N(Cc2ccc(C)cc2)[C@@H](Cc2ccccc2)C(=O)NCC(C)C)cc1. The maximum absolute atomic E-state index is 13.6. The summed E-state index contributed by atoms with van der Waals surface area (Å²) in [5, 5.41) is 3.03. The number of aryl methyl sites for hydroxylation is 1. The van der Waals surface area contributed by atoms with Crippen LogP contribution >= 0.6 is 0 Å². The van der Waals surface area contributed by atoms with Crippen molar-refractivity contribution in [2.24, 2.45) is 5.92 Å². The number of carbonyl (C=O) groups excluding carboxylic acids is 2. The summed E-state index contributed by atoms with van der Waals surface area (Å²) in [5.41, 5.74) is 3.07. The van der Waals surface area contributed by atoms with E-state index in [0.717, 1.165) is 16.7 Å². The van der Waals surface area contributed by atoms with Gasteiger partial charge in [-0.1, -0.05) is 74.0 Å². The van der Waals surface area contributed by atoms with Gasteiger partial charge in [0.1, 0.15) is 17.5 Å². The van der Waals surface area contributed by atoms with Gasteiger partial charge in [-0.05, 0) is 48.2 Å². The monoisotopic (exact) mass is 488 g/mol. The molecule has 0 bridgehead atoms. The number of methoxy groups -OCH3 is 1. The summed E-state index contributed by atoms with van der Waals surface area (Å²) in [7, 11) is 1.60. The molecule has 1 N–H and O–H groups in total. The average Bonchev–Trinajstić information content (AvgIpc) is 2.89. The van der Waals surface area contributed by atoms with Crippen molar-refractivity contribution in [2.45, 2.75) is 39.8 Å². The maximum atomic E-state index is 13.6. The van der Waals surface area contributed by atoms with Crippen molar-refractivity contribution >= 4 is 11.8 Å². The molecule has 0 aliphatic rings. The number of nitrogens with zero attached hydrogens (tertiary/aromatic N) is 1. The van der Waals surface area contributed by atoms with Crippen LogP contribution in [0.1, 0.15) is 30.5 Å². The van der Waals surface area contributed by atoms with Crippen molar-refractivity contribution in [3.8, 4) is 11.5 Å². The molecule has 3 aromatic rings. The van der Waals surface area contributed by atoms with E-state index in [1.165, 1.54) is 0 Å². The first kappa shape index (κ1) is 26.8. The highest BCUT2D eigenvalue weighted by Gasteiger charge is 2.30. The van der Waals surface area contributed by atoms with Gasteiger partial charge in [-0.3, -0.25) is 9.59 Å². The summed E-state index contributed by atoms with van der Waals surface area (Å²) in [5.74, 6) is 1.14. The van der Waals surface area contributed by atoms with Crippen LogP contribution in [0.3, 0.4) is 0 Å². The Hall–Kier alpha value is -3.80. The predicted molar refractivity (Wildman–Crippen MR) is 142 cm³/mol. The topological polar surface area (TPSA) is 67.9 Å². The number of carbonyl (C=O) groups is 2. The Morgan fingerprint density at radius 3 is 2.11 bits per heavy atom. The van der Waals surface area contributed by atoms with Crippen LogP contribution in [0, 0.1) is 12.8 Å². The van der Waals surface area contributed by atoms with Crippen molar-refractivity contribution < 1.29 is 19.1 Å². The fraction of sp³-hybridized carbons (Fsp3) is 0.333. The second-order valence-corrected chi connectivity index (χ2v) is 9.32. The lowest BCUT2D eigenvalue weighted by molar-refractivity contribution is -0.142. The Morgan fingerprint density at radius 2 is 1.50 bits per heavy atom. The Kier molecular flexibility index (Phi) is 9.92. The lowest BCUT2D eigenvalue weighted by Gasteiger charge is -2.31. The second-order valence-electron chi connectivity index (χ2n) is 9.32. The Balaban J connectivity index is 1.87. The largest absolute Gasteiger partial charge is 0.497 e. The van der Waals surface area contributed by atoms with Crippen LogP contribution in [-0.2, 0) is 22.6 Å². The van der Waals surface area contributed by atoms with Gasteiger partial charge in [0.05, 0.1) is 7.11 Å². The first-order valence-electron chi connectivity index (χ1n) is 12.3.